The summed E-state index contributed by atoms with van der Waals surface area (Å²) in [4.78, 5) is 9.69. The normalized spacial score (nSPS) is 28.5. The van der Waals surface area contributed by atoms with Gasteiger partial charge in [0.1, 0.15) is 5.82 Å². The van der Waals surface area contributed by atoms with Gasteiger partial charge in [0.25, 0.3) is 0 Å². The summed E-state index contributed by atoms with van der Waals surface area (Å²) in [5.41, 5.74) is 1.06. The highest BCUT2D eigenvalue weighted by atomic mass is 32.2. The van der Waals surface area contributed by atoms with Crippen LogP contribution in [0.4, 0.5) is 0 Å². The predicted molar refractivity (Wildman–Crippen MR) is 78.3 cm³/mol. The van der Waals surface area contributed by atoms with Crippen LogP contribution in [0.2, 0.25) is 0 Å². The lowest BCUT2D eigenvalue weighted by Gasteiger charge is -2.45. The Morgan fingerprint density at radius 2 is 2.29 bits per heavy atom. The van der Waals surface area contributed by atoms with Crippen LogP contribution in [-0.2, 0) is 21.3 Å². The van der Waals surface area contributed by atoms with Gasteiger partial charge >= 0.3 is 0 Å². The number of aromatic amines is 1. The molecular weight excluding hydrogens is 292 g/mol. The number of likely N-dealkylation sites (tertiary alicyclic amines) is 1. The Balaban J connectivity index is 1.71. The summed E-state index contributed by atoms with van der Waals surface area (Å²) in [6, 6.07) is -0.0773. The van der Waals surface area contributed by atoms with Gasteiger partial charge in [0.15, 0.2) is 0 Å². The first-order chi connectivity index (χ1) is 9.93. The maximum absolute atomic E-state index is 11.9. The second-order valence-corrected chi connectivity index (χ2v) is 7.80. The summed E-state index contributed by atoms with van der Waals surface area (Å²) in [5, 5.41) is 0. The molecule has 0 spiro atoms. The van der Waals surface area contributed by atoms with E-state index in [1.807, 2.05) is 13.1 Å². The molecule has 2 aliphatic heterocycles. The van der Waals surface area contributed by atoms with E-state index in [2.05, 4.69) is 14.9 Å². The lowest BCUT2D eigenvalue weighted by Crippen LogP contribution is -2.60. The average molecular weight is 314 g/mol. The molecule has 0 amide bonds. The highest BCUT2D eigenvalue weighted by Gasteiger charge is 2.40. The van der Waals surface area contributed by atoms with Crippen LogP contribution in [0.1, 0.15) is 17.9 Å². The number of nitrogens with one attached hydrogen (secondary N) is 1. The van der Waals surface area contributed by atoms with E-state index in [9.17, 15) is 8.42 Å². The van der Waals surface area contributed by atoms with Gasteiger partial charge in [-0.25, -0.2) is 13.4 Å². The first-order valence-corrected chi connectivity index (χ1v) is 9.09. The minimum atomic E-state index is -3.18. The van der Waals surface area contributed by atoms with Crippen molar-refractivity contribution < 1.29 is 13.2 Å². The smallest absolute Gasteiger partial charge is 0.211 e. The Morgan fingerprint density at radius 1 is 1.48 bits per heavy atom. The number of hydrogen-bond acceptors (Lipinski definition) is 5. The molecule has 0 bridgehead atoms. The summed E-state index contributed by atoms with van der Waals surface area (Å²) in [7, 11) is -3.18. The third kappa shape index (κ3) is 3.28. The number of hydrogen-bond donors (Lipinski definition) is 1. The molecule has 2 atom stereocenters. The Kier molecular flexibility index (Phi) is 4.04. The fourth-order valence-corrected chi connectivity index (χ4v) is 4.36. The maximum atomic E-state index is 11.9. The number of morpholine rings is 1. The van der Waals surface area contributed by atoms with Crippen molar-refractivity contribution in [2.45, 2.75) is 32.0 Å². The van der Waals surface area contributed by atoms with E-state index >= 15 is 0 Å². The van der Waals surface area contributed by atoms with E-state index < -0.39 is 10.0 Å². The van der Waals surface area contributed by atoms with Gasteiger partial charge in [-0.05, 0) is 13.3 Å². The second-order valence-electron chi connectivity index (χ2n) is 5.87. The fourth-order valence-electron chi connectivity index (χ4n) is 3.25. The van der Waals surface area contributed by atoms with Crippen LogP contribution in [0.15, 0.2) is 6.20 Å². The third-order valence-electron chi connectivity index (χ3n) is 4.19. The van der Waals surface area contributed by atoms with Crippen molar-refractivity contribution in [2.24, 2.45) is 0 Å². The van der Waals surface area contributed by atoms with Crippen molar-refractivity contribution in [3.63, 3.8) is 0 Å². The number of rotatable bonds is 3. The van der Waals surface area contributed by atoms with Crippen molar-refractivity contribution in [3.8, 4) is 0 Å². The number of fused-ring (bicyclic) bond motifs is 1. The summed E-state index contributed by atoms with van der Waals surface area (Å²) in [5.74, 6) is 0.902. The summed E-state index contributed by atoms with van der Waals surface area (Å²) < 4.78 is 31.3. The Labute approximate surface area is 125 Å². The zero-order valence-corrected chi connectivity index (χ0v) is 13.3. The van der Waals surface area contributed by atoms with Crippen molar-refractivity contribution >= 4 is 10.0 Å². The van der Waals surface area contributed by atoms with E-state index in [0.717, 1.165) is 31.0 Å². The summed E-state index contributed by atoms with van der Waals surface area (Å²) in [6.07, 6.45) is 4.01. The van der Waals surface area contributed by atoms with Crippen molar-refractivity contribution in [3.05, 3.63) is 17.7 Å². The molecule has 118 valence electrons. The van der Waals surface area contributed by atoms with E-state index in [1.54, 1.807) is 4.31 Å². The van der Waals surface area contributed by atoms with Crippen molar-refractivity contribution in [1.82, 2.24) is 19.2 Å². The van der Waals surface area contributed by atoms with Gasteiger partial charge in [-0.2, -0.15) is 4.31 Å². The van der Waals surface area contributed by atoms with Gasteiger partial charge in [-0.1, -0.05) is 0 Å². The number of aryl methyl sites for hydroxylation is 1. The molecule has 0 radical (unpaired) electrons. The number of nitrogens with zero attached hydrogens (tertiary/aromatic N) is 3. The highest BCUT2D eigenvalue weighted by Crippen LogP contribution is 2.25. The molecule has 0 unspecified atom stereocenters. The molecule has 8 heteroatoms. The van der Waals surface area contributed by atoms with Crippen molar-refractivity contribution in [1.29, 1.82) is 0 Å². The summed E-state index contributed by atoms with van der Waals surface area (Å²) in [6.45, 7) is 5.26. The van der Waals surface area contributed by atoms with E-state index in [1.165, 1.54) is 6.26 Å². The van der Waals surface area contributed by atoms with Gasteiger partial charge in [-0.3, -0.25) is 4.90 Å². The molecule has 2 aliphatic rings. The average Bonchev–Trinajstić information content (AvgIpc) is 2.82. The number of ether oxygens (including phenoxy) is 1. The quantitative estimate of drug-likeness (QED) is 0.846. The zero-order valence-electron chi connectivity index (χ0n) is 12.4. The fraction of sp³-hybridized carbons (Fsp3) is 0.769. The van der Waals surface area contributed by atoms with E-state index in [4.69, 9.17) is 4.74 Å². The lowest BCUT2D eigenvalue weighted by atomic mass is 10.0. The maximum Gasteiger partial charge on any atom is 0.211 e. The summed E-state index contributed by atoms with van der Waals surface area (Å²) >= 11 is 0. The van der Waals surface area contributed by atoms with Gasteiger partial charge in [-0.15, -0.1) is 0 Å². The van der Waals surface area contributed by atoms with Crippen LogP contribution in [0.25, 0.3) is 0 Å². The van der Waals surface area contributed by atoms with E-state index in [-0.39, 0.29) is 12.1 Å². The number of aromatic nitrogens is 2. The minimum Gasteiger partial charge on any atom is -0.375 e. The molecule has 3 heterocycles. The van der Waals surface area contributed by atoms with Crippen LogP contribution in [0, 0.1) is 6.92 Å². The highest BCUT2D eigenvalue weighted by molar-refractivity contribution is 7.88. The zero-order chi connectivity index (χ0) is 15.0. The van der Waals surface area contributed by atoms with Crippen LogP contribution in [0.5, 0.6) is 0 Å². The Bertz CT molecular complexity index is 600. The topological polar surface area (TPSA) is 78.5 Å². The molecule has 2 fully saturated rings. The molecular formula is C13H22N4O3S. The third-order valence-corrected chi connectivity index (χ3v) is 5.50. The molecule has 0 saturated carbocycles. The molecule has 2 saturated heterocycles. The molecule has 21 heavy (non-hydrogen) atoms. The first kappa shape index (κ1) is 15.0. The molecule has 3 rings (SSSR count). The van der Waals surface area contributed by atoms with E-state index in [0.29, 0.717) is 19.7 Å². The number of piperidine rings is 1. The first-order valence-electron chi connectivity index (χ1n) is 7.25. The van der Waals surface area contributed by atoms with Gasteiger partial charge in [0, 0.05) is 38.1 Å². The standard InChI is InChI=1S/C13H22N4O3S/c1-10-14-7-11(15-10)8-16-4-3-13-12(9-16)17(5-6-20-13)21(2,18)19/h7,12-13H,3-6,8-9H2,1-2H3,(H,14,15)/t12-,13-/m0/s1. The van der Waals surface area contributed by atoms with Gasteiger partial charge in [0.05, 0.1) is 25.0 Å². The molecule has 7 nitrogen and oxygen atoms in total. The molecule has 0 aliphatic carbocycles. The Morgan fingerprint density at radius 3 is 2.95 bits per heavy atom. The number of imidazole rings is 1. The molecule has 1 aromatic rings. The predicted octanol–water partition coefficient (Wildman–Crippen LogP) is -0.0472. The number of sulfonamides is 1. The van der Waals surface area contributed by atoms with Gasteiger partial charge < -0.3 is 9.72 Å². The molecule has 0 aromatic carbocycles. The number of H-pyrrole nitrogens is 1. The lowest BCUT2D eigenvalue weighted by molar-refractivity contribution is -0.0769. The molecule has 1 aromatic heterocycles. The van der Waals surface area contributed by atoms with Crippen LogP contribution < -0.4 is 0 Å². The monoisotopic (exact) mass is 314 g/mol. The largest absolute Gasteiger partial charge is 0.375 e. The van der Waals surface area contributed by atoms with Crippen LogP contribution in [-0.4, -0.2) is 72.2 Å². The van der Waals surface area contributed by atoms with Crippen molar-refractivity contribution in [2.75, 3.05) is 32.5 Å². The Hall–Kier alpha value is -0.960. The second kappa shape index (κ2) is 5.68. The van der Waals surface area contributed by atoms with Crippen LogP contribution >= 0.6 is 0 Å². The minimum absolute atomic E-state index is 0.0215. The van der Waals surface area contributed by atoms with Gasteiger partial charge in [0.2, 0.25) is 10.0 Å². The SMILES string of the molecule is Cc1ncc(CN2CC[C@@H]3OCCN(S(C)(=O)=O)[C@H]3C2)[nH]1. The van der Waals surface area contributed by atoms with Crippen LogP contribution in [0.3, 0.4) is 0 Å². The molecule has 1 N–H and O–H groups in total.